The fourth-order valence-electron chi connectivity index (χ4n) is 10.5. The zero-order valence-electron chi connectivity index (χ0n) is 33.2. The summed E-state index contributed by atoms with van der Waals surface area (Å²) in [4.78, 5) is 43.6. The molecule has 308 valence electrons. The van der Waals surface area contributed by atoms with Crippen LogP contribution in [0.4, 0.5) is 11.6 Å². The molecule has 8 atom stereocenters. The number of rotatable bonds is 2. The number of nitrogen functional groups attached to an aromatic ring is 2. The molecule has 15 heteroatoms. The summed E-state index contributed by atoms with van der Waals surface area (Å²) in [5.74, 6) is 1.51. The number of hydrogen-bond donors (Lipinski definition) is 4. The average molecular weight is 846 g/mol. The maximum absolute atomic E-state index is 14.8. The van der Waals surface area contributed by atoms with Crippen molar-refractivity contribution < 1.29 is 33.4 Å². The van der Waals surface area contributed by atoms with E-state index < -0.39 is 29.2 Å². The number of pyridine rings is 2. The van der Waals surface area contributed by atoms with E-state index in [0.29, 0.717) is 72.4 Å². The van der Waals surface area contributed by atoms with Gasteiger partial charge in [-0.25, -0.2) is 14.8 Å². The number of aromatic nitrogens is 2. The van der Waals surface area contributed by atoms with E-state index in [0.717, 1.165) is 46.7 Å². The van der Waals surface area contributed by atoms with Crippen LogP contribution in [0.5, 0.6) is 11.5 Å². The molecule has 60 heavy (non-hydrogen) atoms. The molecule has 0 radical (unpaired) electrons. The topological polar surface area (TPSA) is 193 Å². The first-order valence-corrected chi connectivity index (χ1v) is 23.1. The van der Waals surface area contributed by atoms with E-state index in [1.165, 1.54) is 16.5 Å². The zero-order chi connectivity index (χ0) is 41.1. The molecule has 4 aromatic rings. The fourth-order valence-corrected chi connectivity index (χ4v) is 12.8. The number of phenolic OH excluding ortho intramolecular Hbond substituents is 1. The van der Waals surface area contributed by atoms with Crippen LogP contribution in [0.25, 0.3) is 22.2 Å². The Morgan fingerprint density at radius 1 is 1.05 bits per heavy atom. The first kappa shape index (κ1) is 37.9. The molecule has 6 N–H and O–H groups in total. The SMILES string of the molecule is Cc1cc(=O)c2c(O)c3c(cc2o1)O[C@@]1(C)CCSSCc2c(cc(C[NH+]4C=C5N=CC=C5C4)nc2N)-c2cc(cc(N)n2)CC[C@H]2O[C@@]24C(=O)O[C@@H]1[C@H]3[C@H]1C=C[C@@H]4CC1. The highest BCUT2D eigenvalue weighted by Crippen LogP contribution is 2.59. The molecular weight excluding hydrogens is 801 g/mol. The predicted molar refractivity (Wildman–Crippen MR) is 231 cm³/mol. The lowest BCUT2D eigenvalue weighted by Crippen LogP contribution is -3.04. The van der Waals surface area contributed by atoms with Crippen LogP contribution in [0, 0.1) is 18.8 Å². The Bertz CT molecular complexity index is 2710. The maximum atomic E-state index is 14.8. The standard InChI is InChI=1S/C45H44N6O7S2/c1-22-13-32(52)38-33(55-22)17-34-39(40(38)53)37-24-4-6-26(7-5-24)45-35(58-45)8-3-23-14-30(50-36(46)15-23)28-16-27(19-51-18-25-9-11-48-31(25)20-51)49-42(47)29(28)21-60-59-12-10-44(2,57-34)41(37)56-43(45)54/h4,6,9,11,13-17,20,24,26,35,37,41,53H,3,5,7-8,10,12,18-19,21H2,1-2H3,(H2,46,50)(H2,47,49)/p+1/t24-,26+,35+,37-,41+,44-,45+/m0/s1. The highest BCUT2D eigenvalue weighted by Gasteiger charge is 2.69. The van der Waals surface area contributed by atoms with Gasteiger partial charge in [0.15, 0.2) is 11.0 Å². The average Bonchev–Trinajstić information content (AvgIpc) is 3.55. The minimum absolute atomic E-state index is 0.0926. The number of epoxide rings is 1. The Labute approximate surface area is 353 Å². The van der Waals surface area contributed by atoms with E-state index in [-0.39, 0.29) is 40.1 Å². The Morgan fingerprint density at radius 2 is 1.93 bits per heavy atom. The second-order valence-electron chi connectivity index (χ2n) is 17.3. The van der Waals surface area contributed by atoms with Crippen molar-refractivity contribution in [2.45, 2.75) is 87.6 Å². The molecule has 7 aliphatic heterocycles. The van der Waals surface area contributed by atoms with Gasteiger partial charge in [0.05, 0.1) is 17.5 Å². The number of ether oxygens (including phenoxy) is 3. The summed E-state index contributed by atoms with van der Waals surface area (Å²) in [6.45, 7) is 5.16. The van der Waals surface area contributed by atoms with Crippen molar-refractivity contribution in [2.75, 3.05) is 23.8 Å². The molecule has 0 amide bonds. The number of anilines is 2. The number of aliphatic imine (C=N–C) groups is 1. The lowest BCUT2D eigenvalue weighted by molar-refractivity contribution is -0.852. The van der Waals surface area contributed by atoms with Crippen LogP contribution >= 0.6 is 21.6 Å². The molecule has 12 rings (SSSR count). The molecule has 6 bridgehead atoms. The summed E-state index contributed by atoms with van der Waals surface area (Å²) in [5.41, 5.74) is 18.1. The largest absolute Gasteiger partial charge is 0.507 e. The number of benzene rings is 1. The van der Waals surface area contributed by atoms with Gasteiger partial charge >= 0.3 is 5.97 Å². The van der Waals surface area contributed by atoms with E-state index in [1.54, 1.807) is 34.6 Å². The Balaban J connectivity index is 0.986. The number of hydrogen-bond acceptors (Lipinski definition) is 14. The number of carbonyl (C=O) groups excluding carboxylic acids is 1. The third-order valence-corrected chi connectivity index (χ3v) is 15.8. The van der Waals surface area contributed by atoms with Crippen molar-refractivity contribution in [3.8, 4) is 22.8 Å². The number of nitrogens with two attached hydrogens (primary N) is 2. The van der Waals surface area contributed by atoms with Crippen molar-refractivity contribution >= 4 is 56.4 Å². The van der Waals surface area contributed by atoms with Crippen molar-refractivity contribution in [1.29, 1.82) is 0 Å². The Morgan fingerprint density at radius 3 is 2.77 bits per heavy atom. The first-order valence-electron chi connectivity index (χ1n) is 20.6. The summed E-state index contributed by atoms with van der Waals surface area (Å²) in [6.07, 6.45) is 12.2. The van der Waals surface area contributed by atoms with E-state index in [1.807, 2.05) is 19.2 Å². The quantitative estimate of drug-likeness (QED) is 0.0860. The third-order valence-electron chi connectivity index (χ3n) is 13.5. The lowest BCUT2D eigenvalue weighted by Gasteiger charge is -2.48. The zero-order valence-corrected chi connectivity index (χ0v) is 34.9. The molecule has 1 aromatic carbocycles. The molecular formula is C45H45N6O7S2+. The van der Waals surface area contributed by atoms with Gasteiger partial charge in [-0.15, -0.1) is 0 Å². The predicted octanol–water partition coefficient (Wildman–Crippen LogP) is 5.48. The molecule has 10 heterocycles. The van der Waals surface area contributed by atoms with Crippen LogP contribution < -0.4 is 26.5 Å². The summed E-state index contributed by atoms with van der Waals surface area (Å²) in [6, 6.07) is 9.15. The second-order valence-corrected chi connectivity index (χ2v) is 19.9. The van der Waals surface area contributed by atoms with Crippen molar-refractivity contribution in [2.24, 2.45) is 16.8 Å². The summed E-state index contributed by atoms with van der Waals surface area (Å²) in [7, 11) is 3.33. The normalized spacial score (nSPS) is 31.3. The number of phenols is 1. The highest BCUT2D eigenvalue weighted by molar-refractivity contribution is 8.76. The number of esters is 1. The van der Waals surface area contributed by atoms with Crippen molar-refractivity contribution in [3.63, 3.8) is 0 Å². The van der Waals surface area contributed by atoms with Crippen LogP contribution in [-0.4, -0.2) is 63.0 Å². The summed E-state index contributed by atoms with van der Waals surface area (Å²) < 4.78 is 26.2. The number of aromatic hydroxyl groups is 1. The molecule has 1 spiro atoms. The highest BCUT2D eigenvalue weighted by atomic mass is 33.1. The number of nitrogens with zero attached hydrogens (tertiary/aromatic N) is 3. The van der Waals surface area contributed by atoms with Gasteiger partial charge in [-0.1, -0.05) is 33.7 Å². The minimum Gasteiger partial charge on any atom is -0.507 e. The van der Waals surface area contributed by atoms with Crippen molar-refractivity contribution in [1.82, 2.24) is 9.97 Å². The number of nitrogens with one attached hydrogen (secondary N) is 1. The molecule has 2 fully saturated rings. The summed E-state index contributed by atoms with van der Waals surface area (Å²) in [5, 5.41) is 12.1. The van der Waals surface area contributed by atoms with Gasteiger partial charge in [0, 0.05) is 70.4 Å². The van der Waals surface area contributed by atoms with Gasteiger partial charge in [-0.3, -0.25) is 14.7 Å². The fraction of sp³-hybridized carbons (Fsp3) is 0.400. The van der Waals surface area contributed by atoms with E-state index in [9.17, 15) is 14.7 Å². The number of fused-ring (bicyclic) bond motifs is 8. The van der Waals surface area contributed by atoms with Gasteiger partial charge < -0.3 is 35.2 Å². The number of allylic oxidation sites excluding steroid dienone is 2. The van der Waals surface area contributed by atoms with Gasteiger partial charge in [0.2, 0.25) is 0 Å². The minimum atomic E-state index is -1.16. The van der Waals surface area contributed by atoms with Gasteiger partial charge in [0.25, 0.3) is 0 Å². The van der Waals surface area contributed by atoms with Crippen LogP contribution in [0.15, 0.2) is 80.2 Å². The van der Waals surface area contributed by atoms with Crippen molar-refractivity contribution in [3.05, 3.63) is 104 Å². The maximum Gasteiger partial charge on any atom is 0.342 e. The Kier molecular flexibility index (Phi) is 8.82. The van der Waals surface area contributed by atoms with E-state index >= 15 is 0 Å². The van der Waals surface area contributed by atoms with Crippen LogP contribution in [0.3, 0.4) is 0 Å². The molecule has 1 aliphatic carbocycles. The van der Waals surface area contributed by atoms with E-state index in [2.05, 4.69) is 41.6 Å². The third kappa shape index (κ3) is 6.10. The smallest absolute Gasteiger partial charge is 0.342 e. The van der Waals surface area contributed by atoms with Crippen LogP contribution in [0.2, 0.25) is 0 Å². The molecule has 3 aromatic heterocycles. The number of quaternary nitrogens is 1. The lowest BCUT2D eigenvalue weighted by atomic mass is 9.68. The van der Waals surface area contributed by atoms with E-state index in [4.69, 9.17) is 40.1 Å². The van der Waals surface area contributed by atoms with Gasteiger partial charge in [-0.2, -0.15) is 0 Å². The van der Waals surface area contributed by atoms with Gasteiger partial charge in [0.1, 0.15) is 76.6 Å². The molecule has 13 nitrogen and oxygen atoms in total. The van der Waals surface area contributed by atoms with Crippen LogP contribution in [0.1, 0.15) is 66.7 Å². The first-order chi connectivity index (χ1) is 29.0. The Hall–Kier alpha value is -5.09. The molecule has 2 saturated heterocycles. The van der Waals surface area contributed by atoms with Crippen LogP contribution in [-0.2, 0) is 33.0 Å². The summed E-state index contributed by atoms with van der Waals surface area (Å²) >= 11 is 0. The second kappa shape index (κ2) is 14.0. The monoisotopic (exact) mass is 845 g/mol. The number of aryl methyl sites for hydroxylation is 2. The molecule has 8 aliphatic rings. The molecule has 1 unspecified atom stereocenters. The number of carbonyl (C=O) groups is 1. The molecule has 0 saturated carbocycles. The van der Waals surface area contributed by atoms with Gasteiger partial charge in [-0.05, 0) is 75.3 Å².